The van der Waals surface area contributed by atoms with Gasteiger partial charge in [-0.25, -0.2) is 0 Å². The molecule has 0 atom stereocenters. The normalized spacial score (nSPS) is 13.8. The van der Waals surface area contributed by atoms with Gasteiger partial charge in [-0.3, -0.25) is 19.8 Å². The van der Waals surface area contributed by atoms with E-state index in [0.717, 1.165) is 40.2 Å². The topological polar surface area (TPSA) is 124 Å². The average Bonchev–Trinajstić information content (AvgIpc) is 3.52. The number of methoxy groups -OCH3 is 2. The molecule has 0 aliphatic heterocycles. The van der Waals surface area contributed by atoms with Crippen LogP contribution >= 0.6 is 23.1 Å². The first-order valence-electron chi connectivity index (χ1n) is 14.8. The molecule has 3 heterocycles. The molecule has 1 aliphatic rings. The molecule has 2 N–H and O–H groups in total. The minimum absolute atomic E-state index is 0.155. The fourth-order valence-corrected chi connectivity index (χ4v) is 6.00. The summed E-state index contributed by atoms with van der Waals surface area (Å²) in [5.41, 5.74) is 2.60. The van der Waals surface area contributed by atoms with Gasteiger partial charge < -0.3 is 20.1 Å². The van der Waals surface area contributed by atoms with E-state index >= 15 is 0 Å². The summed E-state index contributed by atoms with van der Waals surface area (Å²) in [4.78, 5) is 25.0. The number of anilines is 1. The highest BCUT2D eigenvalue weighted by Gasteiger charge is 2.20. The molecule has 4 rings (SSSR count). The zero-order valence-electron chi connectivity index (χ0n) is 26.0. The van der Waals surface area contributed by atoms with Crippen LogP contribution in [0, 0.1) is 0 Å². The molecule has 0 bridgehead atoms. The smallest absolute Gasteiger partial charge is 0.232 e. The summed E-state index contributed by atoms with van der Waals surface area (Å²) in [6.07, 6.45) is 14.7. The molecule has 236 valence electrons. The molecule has 3 aromatic heterocycles. The van der Waals surface area contributed by atoms with Gasteiger partial charge in [0.1, 0.15) is 16.5 Å². The first-order chi connectivity index (χ1) is 21.5. The van der Waals surface area contributed by atoms with Crippen molar-refractivity contribution < 1.29 is 14.3 Å². The molecular formula is C32H43N7O3S2. The maximum Gasteiger partial charge on any atom is 0.232 e. The van der Waals surface area contributed by atoms with Crippen LogP contribution in [0.3, 0.4) is 0 Å². The quantitative estimate of drug-likeness (QED) is 0.161. The number of thioether (sulfide) groups is 1. The molecule has 1 aliphatic carbocycles. The third-order valence-electron chi connectivity index (χ3n) is 6.81. The third-order valence-corrected chi connectivity index (χ3v) is 8.48. The van der Waals surface area contributed by atoms with Gasteiger partial charge in [-0.1, -0.05) is 68.4 Å². The van der Waals surface area contributed by atoms with Crippen molar-refractivity contribution in [1.82, 2.24) is 25.5 Å². The Bertz CT molecular complexity index is 1390. The Morgan fingerprint density at radius 3 is 2.32 bits per heavy atom. The van der Waals surface area contributed by atoms with Crippen LogP contribution in [0.25, 0.3) is 0 Å². The van der Waals surface area contributed by atoms with Crippen LogP contribution in [0.5, 0.6) is 11.5 Å². The van der Waals surface area contributed by atoms with Crippen molar-refractivity contribution in [2.24, 2.45) is 4.99 Å². The summed E-state index contributed by atoms with van der Waals surface area (Å²) in [6, 6.07) is 7.37. The Morgan fingerprint density at radius 1 is 1.07 bits per heavy atom. The number of allylic oxidation sites excluding steroid dienone is 2. The van der Waals surface area contributed by atoms with Crippen LogP contribution in [0.2, 0.25) is 0 Å². The predicted molar refractivity (Wildman–Crippen MR) is 181 cm³/mol. The molecule has 10 nitrogen and oxygen atoms in total. The highest BCUT2D eigenvalue weighted by molar-refractivity contribution is 8.16. The predicted octanol–water partition coefficient (Wildman–Crippen LogP) is 6.94. The Kier molecular flexibility index (Phi) is 15.4. The van der Waals surface area contributed by atoms with Gasteiger partial charge in [-0.05, 0) is 48.9 Å². The zero-order chi connectivity index (χ0) is 31.6. The zero-order valence-corrected chi connectivity index (χ0v) is 27.7. The number of hydrogen-bond donors (Lipinski definition) is 2. The number of unbranched alkanes of at least 4 members (excludes halogenated alkanes) is 1. The first-order valence-corrected chi connectivity index (χ1v) is 16.5. The highest BCUT2D eigenvalue weighted by Crippen LogP contribution is 2.35. The van der Waals surface area contributed by atoms with E-state index in [1.165, 1.54) is 55.2 Å². The number of hydrogen-bond acceptors (Lipinski definition) is 10. The number of amides is 1. The fourth-order valence-electron chi connectivity index (χ4n) is 4.62. The van der Waals surface area contributed by atoms with E-state index in [1.807, 2.05) is 12.1 Å². The largest absolute Gasteiger partial charge is 0.495 e. The summed E-state index contributed by atoms with van der Waals surface area (Å²) in [5.74, 6) is 1.76. The van der Waals surface area contributed by atoms with Crippen LogP contribution in [0.1, 0.15) is 74.2 Å². The van der Waals surface area contributed by atoms with E-state index in [4.69, 9.17) is 9.47 Å². The summed E-state index contributed by atoms with van der Waals surface area (Å²) in [7, 11) is 4.99. The van der Waals surface area contributed by atoms with Gasteiger partial charge in [-0.15, -0.1) is 10.2 Å². The van der Waals surface area contributed by atoms with Crippen LogP contribution in [-0.4, -0.2) is 52.5 Å². The van der Waals surface area contributed by atoms with Gasteiger partial charge in [0.15, 0.2) is 5.17 Å². The van der Waals surface area contributed by atoms with E-state index in [9.17, 15) is 4.79 Å². The van der Waals surface area contributed by atoms with Crippen molar-refractivity contribution in [3.63, 3.8) is 0 Å². The monoisotopic (exact) mass is 637 g/mol. The van der Waals surface area contributed by atoms with Crippen molar-refractivity contribution in [2.45, 2.75) is 70.6 Å². The lowest BCUT2D eigenvalue weighted by atomic mass is 9.90. The number of carbonyl (C=O) groups excluding carboxylic acids is 1. The average molecular weight is 638 g/mol. The van der Waals surface area contributed by atoms with Crippen LogP contribution in [0.15, 0.2) is 65.4 Å². The Hall–Kier alpha value is -3.77. The minimum Gasteiger partial charge on any atom is -0.495 e. The van der Waals surface area contributed by atoms with E-state index in [2.05, 4.69) is 55.4 Å². The van der Waals surface area contributed by atoms with Crippen LogP contribution < -0.4 is 20.1 Å². The Labute approximate surface area is 268 Å². The summed E-state index contributed by atoms with van der Waals surface area (Å²) < 4.78 is 10.6. The lowest BCUT2D eigenvalue weighted by molar-refractivity contribution is -0.115. The number of nitrogens with one attached hydrogen (secondary N) is 2. The van der Waals surface area contributed by atoms with Crippen molar-refractivity contribution in [3.8, 4) is 11.5 Å². The number of carbonyl (C=O) groups is 1. The lowest BCUT2D eigenvalue weighted by Gasteiger charge is -2.18. The standard InChI is InChI=1S/C16H20N4O2S.C16H23N3OS/c1-22-13-8-5-9-17-12(13)10-14(21)18-16-20-19-15(23-16)11-6-3-2-4-7-11;1-5-7-9-13(19-16(17-3)21-6-2)12-14-15(20-4)10-8-11-18-14/h5,8-9,11H,2-4,6-7,10H2,1H3,(H,18,20,21);6,8-11H,2,5,7,12H2,1,3-4H3,(H,17,19). The molecule has 44 heavy (non-hydrogen) atoms. The number of aliphatic imine (C=N–C) groups is 1. The van der Waals surface area contributed by atoms with E-state index < -0.39 is 0 Å². The van der Waals surface area contributed by atoms with Gasteiger partial charge >= 0.3 is 0 Å². The van der Waals surface area contributed by atoms with Crippen molar-refractivity contribution in [2.75, 3.05) is 26.6 Å². The molecule has 0 radical (unpaired) electrons. The van der Waals surface area contributed by atoms with Crippen molar-refractivity contribution in [3.05, 3.63) is 76.8 Å². The van der Waals surface area contributed by atoms with Gasteiger partial charge in [-0.2, -0.15) is 0 Å². The molecule has 1 fully saturated rings. The van der Waals surface area contributed by atoms with Gasteiger partial charge in [0.25, 0.3) is 0 Å². The van der Waals surface area contributed by atoms with Crippen molar-refractivity contribution in [1.29, 1.82) is 0 Å². The Balaban J connectivity index is 0.000000242. The third kappa shape index (κ3) is 11.4. The number of rotatable bonds is 12. The molecule has 0 saturated heterocycles. The molecule has 0 spiro atoms. The lowest BCUT2D eigenvalue weighted by Crippen LogP contribution is -2.21. The van der Waals surface area contributed by atoms with Crippen molar-refractivity contribution >= 4 is 39.3 Å². The molecule has 0 unspecified atom stereocenters. The second kappa shape index (κ2) is 19.5. The Morgan fingerprint density at radius 2 is 1.73 bits per heavy atom. The van der Waals surface area contributed by atoms with E-state index in [0.29, 0.717) is 28.9 Å². The van der Waals surface area contributed by atoms with Crippen LogP contribution in [0.4, 0.5) is 5.13 Å². The number of ether oxygens (including phenoxy) is 2. The molecule has 1 amide bonds. The van der Waals surface area contributed by atoms with Gasteiger partial charge in [0, 0.05) is 37.5 Å². The number of nitrogens with zero attached hydrogens (tertiary/aromatic N) is 5. The molecule has 0 aromatic carbocycles. The summed E-state index contributed by atoms with van der Waals surface area (Å²) >= 11 is 2.95. The van der Waals surface area contributed by atoms with E-state index in [1.54, 1.807) is 51.2 Å². The highest BCUT2D eigenvalue weighted by atomic mass is 32.2. The molecular weight excluding hydrogens is 595 g/mol. The number of pyridine rings is 2. The van der Waals surface area contributed by atoms with Crippen LogP contribution in [-0.2, 0) is 17.6 Å². The molecule has 3 aromatic rings. The van der Waals surface area contributed by atoms with Gasteiger partial charge in [0.2, 0.25) is 11.0 Å². The second-order valence-electron chi connectivity index (χ2n) is 9.94. The van der Waals surface area contributed by atoms with Gasteiger partial charge in [0.05, 0.1) is 32.0 Å². The van der Waals surface area contributed by atoms with E-state index in [-0.39, 0.29) is 12.3 Å². The number of amidine groups is 1. The maximum absolute atomic E-state index is 12.2. The summed E-state index contributed by atoms with van der Waals surface area (Å²) in [5, 5.41) is 18.7. The molecule has 12 heteroatoms. The fraction of sp³-hybridized carbons (Fsp3) is 0.438. The first kappa shape index (κ1) is 34.7. The molecule has 1 saturated carbocycles. The maximum atomic E-state index is 12.2. The number of aromatic nitrogens is 4. The SMILES string of the molecule is C=CSC(=NC)NC(=CCCC)Cc1ncccc1OC.COc1cccnc1CC(=O)Nc1nnc(C2CCCCC2)s1. The second-order valence-corrected chi connectivity index (χ2v) is 11.9. The summed E-state index contributed by atoms with van der Waals surface area (Å²) in [6.45, 7) is 5.88. The minimum atomic E-state index is -0.159.